The van der Waals surface area contributed by atoms with Crippen LogP contribution >= 0.6 is 15.9 Å². The van der Waals surface area contributed by atoms with Crippen molar-refractivity contribution in [2.24, 2.45) is 0 Å². The van der Waals surface area contributed by atoms with Gasteiger partial charge in [-0.05, 0) is 40.2 Å². The van der Waals surface area contributed by atoms with Gasteiger partial charge in [0.15, 0.2) is 0 Å². The average molecular weight is 352 g/mol. The lowest BCUT2D eigenvalue weighted by Crippen LogP contribution is -2.18. The number of halogens is 1. The minimum absolute atomic E-state index is 0.175. The molecule has 0 aliphatic carbocycles. The van der Waals surface area contributed by atoms with E-state index in [4.69, 9.17) is 0 Å². The molecule has 0 bridgehead atoms. The second-order valence-electron chi connectivity index (χ2n) is 4.62. The van der Waals surface area contributed by atoms with E-state index in [1.165, 1.54) is 4.57 Å². The van der Waals surface area contributed by atoms with Crippen molar-refractivity contribution in [2.45, 2.75) is 0 Å². The molecule has 5 heteroatoms. The molecule has 0 N–H and O–H groups in total. The predicted molar refractivity (Wildman–Crippen MR) is 87.7 cm³/mol. The summed E-state index contributed by atoms with van der Waals surface area (Å²) in [6, 6.07) is 14.8. The zero-order chi connectivity index (χ0) is 15.5. The van der Waals surface area contributed by atoms with Crippen LogP contribution < -0.4 is 5.56 Å². The number of aromatic nitrogens is 2. The van der Waals surface area contributed by atoms with Crippen LogP contribution in [0.2, 0.25) is 0 Å². The van der Waals surface area contributed by atoms with Crippen molar-refractivity contribution in [3.05, 3.63) is 81.4 Å². The average Bonchev–Trinajstić information content (AvgIpc) is 2.58. The van der Waals surface area contributed by atoms with E-state index in [-0.39, 0.29) is 5.56 Å². The van der Waals surface area contributed by atoms with Gasteiger partial charge >= 0.3 is 0 Å². The number of nitriles is 1. The molecule has 0 amide bonds. The summed E-state index contributed by atoms with van der Waals surface area (Å²) >= 11 is 3.30. The summed E-state index contributed by atoms with van der Waals surface area (Å²) in [6.45, 7) is 0. The van der Waals surface area contributed by atoms with Crippen LogP contribution in [0.15, 0.2) is 70.3 Å². The van der Waals surface area contributed by atoms with Crippen molar-refractivity contribution in [3.8, 4) is 22.9 Å². The largest absolute Gasteiger partial charge is 0.281 e. The molecule has 0 spiro atoms. The van der Waals surface area contributed by atoms with E-state index in [0.717, 1.165) is 11.1 Å². The molecule has 106 valence electrons. The Morgan fingerprint density at radius 1 is 1.18 bits per heavy atom. The van der Waals surface area contributed by atoms with Crippen LogP contribution in [0.25, 0.3) is 16.8 Å². The molecular weight excluding hydrogens is 342 g/mol. The Morgan fingerprint density at radius 2 is 2.00 bits per heavy atom. The van der Waals surface area contributed by atoms with Crippen LogP contribution in [0.5, 0.6) is 0 Å². The Balaban J connectivity index is 2.26. The van der Waals surface area contributed by atoms with Crippen LogP contribution in [-0.2, 0) is 0 Å². The number of pyridine rings is 2. The molecule has 1 aromatic carbocycles. The molecule has 3 aromatic rings. The van der Waals surface area contributed by atoms with Crippen LogP contribution in [0.1, 0.15) is 5.56 Å². The normalized spacial score (nSPS) is 10.2. The van der Waals surface area contributed by atoms with Crippen LogP contribution in [0.3, 0.4) is 0 Å². The SMILES string of the molecule is N#Cc1ccccc1-c1cc(Br)c(=O)n(-c2cccnc2)c1. The topological polar surface area (TPSA) is 58.7 Å². The Bertz CT molecular complexity index is 927. The fourth-order valence-electron chi connectivity index (χ4n) is 2.22. The Hall–Kier alpha value is -2.71. The van der Waals surface area contributed by atoms with E-state index in [1.54, 1.807) is 42.9 Å². The number of hydrogen-bond acceptors (Lipinski definition) is 3. The van der Waals surface area contributed by atoms with Gasteiger partial charge in [0.1, 0.15) is 0 Å². The summed E-state index contributed by atoms with van der Waals surface area (Å²) in [5.74, 6) is 0. The highest BCUT2D eigenvalue weighted by Gasteiger charge is 2.10. The highest BCUT2D eigenvalue weighted by Crippen LogP contribution is 2.25. The second kappa shape index (κ2) is 5.96. The number of hydrogen-bond donors (Lipinski definition) is 0. The molecule has 0 aliphatic heterocycles. The van der Waals surface area contributed by atoms with Gasteiger partial charge in [-0.2, -0.15) is 5.26 Å². The quantitative estimate of drug-likeness (QED) is 0.709. The van der Waals surface area contributed by atoms with E-state index in [0.29, 0.717) is 15.7 Å². The zero-order valence-corrected chi connectivity index (χ0v) is 13.0. The first kappa shape index (κ1) is 14.2. The van der Waals surface area contributed by atoms with Crippen molar-refractivity contribution < 1.29 is 0 Å². The maximum atomic E-state index is 12.3. The molecule has 22 heavy (non-hydrogen) atoms. The van der Waals surface area contributed by atoms with Crippen molar-refractivity contribution in [1.82, 2.24) is 9.55 Å². The fourth-order valence-corrected chi connectivity index (χ4v) is 2.65. The van der Waals surface area contributed by atoms with Gasteiger partial charge in [0, 0.05) is 23.5 Å². The van der Waals surface area contributed by atoms with Gasteiger partial charge in [-0.15, -0.1) is 0 Å². The molecule has 4 nitrogen and oxygen atoms in total. The van der Waals surface area contributed by atoms with Gasteiger partial charge in [0.2, 0.25) is 0 Å². The van der Waals surface area contributed by atoms with E-state index in [9.17, 15) is 10.1 Å². The summed E-state index contributed by atoms with van der Waals surface area (Å²) in [5.41, 5.74) is 2.62. The van der Waals surface area contributed by atoms with Gasteiger partial charge in [0.05, 0.1) is 28.0 Å². The molecule has 2 heterocycles. The third-order valence-electron chi connectivity index (χ3n) is 3.26. The lowest BCUT2D eigenvalue weighted by molar-refractivity contribution is 0.971. The highest BCUT2D eigenvalue weighted by molar-refractivity contribution is 9.10. The Morgan fingerprint density at radius 3 is 2.73 bits per heavy atom. The van der Waals surface area contributed by atoms with Crippen LogP contribution in [0, 0.1) is 11.3 Å². The molecule has 0 aliphatic rings. The van der Waals surface area contributed by atoms with Crippen molar-refractivity contribution >= 4 is 15.9 Å². The predicted octanol–water partition coefficient (Wildman–Crippen LogP) is 3.53. The lowest BCUT2D eigenvalue weighted by Gasteiger charge is -2.10. The molecule has 0 unspecified atom stereocenters. The molecular formula is C17H10BrN3O. The molecule has 2 aromatic heterocycles. The van der Waals surface area contributed by atoms with Crippen LogP contribution in [-0.4, -0.2) is 9.55 Å². The smallest absolute Gasteiger partial charge is 0.269 e. The van der Waals surface area contributed by atoms with E-state index < -0.39 is 0 Å². The molecule has 3 rings (SSSR count). The molecule has 0 saturated carbocycles. The minimum atomic E-state index is -0.175. The number of rotatable bonds is 2. The van der Waals surface area contributed by atoms with Crippen molar-refractivity contribution in [1.29, 1.82) is 5.26 Å². The summed E-state index contributed by atoms with van der Waals surface area (Å²) in [5, 5.41) is 9.25. The first-order valence-electron chi connectivity index (χ1n) is 6.53. The Kier molecular flexibility index (Phi) is 3.86. The third-order valence-corrected chi connectivity index (χ3v) is 3.82. The summed E-state index contributed by atoms with van der Waals surface area (Å²) < 4.78 is 1.95. The maximum absolute atomic E-state index is 12.3. The third kappa shape index (κ3) is 2.57. The second-order valence-corrected chi connectivity index (χ2v) is 5.47. The fraction of sp³-hybridized carbons (Fsp3) is 0. The first-order valence-corrected chi connectivity index (χ1v) is 7.32. The van der Waals surface area contributed by atoms with Gasteiger partial charge < -0.3 is 0 Å². The molecule has 0 fully saturated rings. The van der Waals surface area contributed by atoms with Gasteiger partial charge in [-0.25, -0.2) is 0 Å². The van der Waals surface area contributed by atoms with Crippen molar-refractivity contribution in [3.63, 3.8) is 0 Å². The minimum Gasteiger partial charge on any atom is -0.281 e. The maximum Gasteiger partial charge on any atom is 0.269 e. The zero-order valence-electron chi connectivity index (χ0n) is 11.4. The molecule has 0 atom stereocenters. The lowest BCUT2D eigenvalue weighted by atomic mass is 10.0. The van der Waals surface area contributed by atoms with Crippen molar-refractivity contribution in [2.75, 3.05) is 0 Å². The highest BCUT2D eigenvalue weighted by atomic mass is 79.9. The summed E-state index contributed by atoms with van der Waals surface area (Å²) in [7, 11) is 0. The standard InChI is InChI=1S/C17H10BrN3O/c18-16-8-13(15-6-2-1-4-12(15)9-19)11-21(17(16)22)14-5-3-7-20-10-14/h1-8,10-11H. The van der Waals surface area contributed by atoms with E-state index >= 15 is 0 Å². The van der Waals surface area contributed by atoms with E-state index in [1.807, 2.05) is 18.2 Å². The monoisotopic (exact) mass is 351 g/mol. The number of benzene rings is 1. The van der Waals surface area contributed by atoms with Gasteiger partial charge in [-0.3, -0.25) is 14.3 Å². The van der Waals surface area contributed by atoms with Gasteiger partial charge in [-0.1, -0.05) is 18.2 Å². The molecule has 0 saturated heterocycles. The van der Waals surface area contributed by atoms with Gasteiger partial charge in [0.25, 0.3) is 5.56 Å². The van der Waals surface area contributed by atoms with Crippen LogP contribution in [0.4, 0.5) is 0 Å². The summed E-state index contributed by atoms with van der Waals surface area (Å²) in [4.78, 5) is 16.4. The number of nitrogens with zero attached hydrogens (tertiary/aromatic N) is 3. The summed E-state index contributed by atoms with van der Waals surface area (Å²) in [6.07, 6.45) is 4.99. The molecule has 0 radical (unpaired) electrons. The van der Waals surface area contributed by atoms with E-state index in [2.05, 4.69) is 27.0 Å². The Labute approximate surface area is 135 Å². The first-order chi connectivity index (χ1) is 10.7.